The molecule has 0 radical (unpaired) electrons. The average Bonchev–Trinajstić information content (AvgIpc) is 3.08. The first-order chi connectivity index (χ1) is 14.2. The van der Waals surface area contributed by atoms with Crippen LogP contribution >= 0.6 is 0 Å². The molecular weight excluding hydrogens is 366 g/mol. The molecule has 2 aromatic rings. The highest BCUT2D eigenvalue weighted by Gasteiger charge is 2.28. The molecule has 1 saturated heterocycles. The van der Waals surface area contributed by atoms with Crippen LogP contribution in [0.4, 0.5) is 5.69 Å². The number of nitrogens with zero attached hydrogens (tertiary/aromatic N) is 5. The number of benzene rings is 1. The lowest BCUT2D eigenvalue weighted by Crippen LogP contribution is -2.47. The van der Waals surface area contributed by atoms with E-state index in [1.54, 1.807) is 0 Å². The number of aryl methyl sites for hydroxylation is 1. The number of carbonyl (C=O) groups is 1. The fourth-order valence-electron chi connectivity index (χ4n) is 4.33. The van der Waals surface area contributed by atoms with Gasteiger partial charge in [-0.15, -0.1) is 0 Å². The molecule has 0 spiro atoms. The highest BCUT2D eigenvalue weighted by atomic mass is 16.4. The minimum Gasteiger partial charge on any atom is -0.411 e. The molecule has 2 aliphatic heterocycles. The van der Waals surface area contributed by atoms with Gasteiger partial charge in [0.2, 0.25) is 0 Å². The Labute approximate surface area is 171 Å². The third-order valence-corrected chi connectivity index (χ3v) is 6.01. The Kier molecular flexibility index (Phi) is 5.85. The summed E-state index contributed by atoms with van der Waals surface area (Å²) in [6.45, 7) is 6.48. The molecule has 154 valence electrons. The van der Waals surface area contributed by atoms with Gasteiger partial charge in [0.25, 0.3) is 5.91 Å². The highest BCUT2D eigenvalue weighted by Crippen LogP contribution is 2.21. The molecule has 0 saturated carbocycles. The molecule has 0 bridgehead atoms. The molecule has 0 aliphatic carbocycles. The van der Waals surface area contributed by atoms with Gasteiger partial charge in [0.1, 0.15) is 5.69 Å². The van der Waals surface area contributed by atoms with Gasteiger partial charge >= 0.3 is 0 Å². The van der Waals surface area contributed by atoms with Crippen molar-refractivity contribution in [2.75, 3.05) is 50.7 Å². The zero-order valence-electron chi connectivity index (χ0n) is 17.0. The molecule has 0 unspecified atom stereocenters. The summed E-state index contributed by atoms with van der Waals surface area (Å²) in [5, 5.41) is 12.8. The van der Waals surface area contributed by atoms with Crippen molar-refractivity contribution in [3.8, 4) is 0 Å². The van der Waals surface area contributed by atoms with Crippen molar-refractivity contribution in [1.82, 2.24) is 14.4 Å². The van der Waals surface area contributed by atoms with E-state index in [-0.39, 0.29) is 5.91 Å². The second-order valence-electron chi connectivity index (χ2n) is 7.80. The summed E-state index contributed by atoms with van der Waals surface area (Å²) >= 11 is 0. The van der Waals surface area contributed by atoms with Crippen LogP contribution in [-0.4, -0.2) is 77.0 Å². The first kappa shape index (κ1) is 19.5. The Hall–Kier alpha value is -2.80. The fourth-order valence-corrected chi connectivity index (χ4v) is 4.33. The van der Waals surface area contributed by atoms with Crippen molar-refractivity contribution < 1.29 is 10.0 Å². The van der Waals surface area contributed by atoms with Gasteiger partial charge in [-0.3, -0.25) is 9.69 Å². The maximum absolute atomic E-state index is 13.0. The van der Waals surface area contributed by atoms with Gasteiger partial charge in [0, 0.05) is 70.2 Å². The Morgan fingerprint density at radius 1 is 1.00 bits per heavy atom. The normalized spacial score (nSPS) is 19.5. The van der Waals surface area contributed by atoms with Crippen LogP contribution in [0.5, 0.6) is 0 Å². The molecule has 0 atom stereocenters. The summed E-state index contributed by atoms with van der Waals surface area (Å²) < 4.78 is 1.82. The van der Waals surface area contributed by atoms with Gasteiger partial charge in [-0.25, -0.2) is 0 Å². The maximum atomic E-state index is 13.0. The second-order valence-corrected chi connectivity index (χ2v) is 7.80. The Bertz CT molecular complexity index is 869. The molecular formula is C22H29N5O2. The molecule has 29 heavy (non-hydrogen) atoms. The van der Waals surface area contributed by atoms with E-state index in [0.29, 0.717) is 24.4 Å². The first-order valence-electron chi connectivity index (χ1n) is 10.4. The van der Waals surface area contributed by atoms with E-state index in [9.17, 15) is 10.0 Å². The standard InChI is InChI=1S/C22H29N5O2/c1-24-12-8-19-20(23-29)9-13-27(22(28)21(19)24)11-5-10-25-14-16-26(17-15-25)18-6-3-2-4-7-18/h2-4,6-8,12,29H,5,9-11,13-17H2,1H3. The van der Waals surface area contributed by atoms with Gasteiger partial charge in [-0.2, -0.15) is 0 Å². The summed E-state index contributed by atoms with van der Waals surface area (Å²) in [6, 6.07) is 12.4. The van der Waals surface area contributed by atoms with E-state index in [2.05, 4.69) is 45.3 Å². The van der Waals surface area contributed by atoms with Crippen LogP contribution in [0.15, 0.2) is 47.8 Å². The van der Waals surface area contributed by atoms with E-state index < -0.39 is 0 Å². The molecule has 3 heterocycles. The van der Waals surface area contributed by atoms with E-state index in [1.165, 1.54) is 5.69 Å². The molecule has 1 N–H and O–H groups in total. The zero-order valence-corrected chi connectivity index (χ0v) is 17.0. The summed E-state index contributed by atoms with van der Waals surface area (Å²) in [5.41, 5.74) is 3.25. The van der Waals surface area contributed by atoms with Gasteiger partial charge < -0.3 is 19.6 Å². The lowest BCUT2D eigenvalue weighted by molar-refractivity contribution is 0.0745. The van der Waals surface area contributed by atoms with Crippen molar-refractivity contribution in [2.45, 2.75) is 12.8 Å². The summed E-state index contributed by atoms with van der Waals surface area (Å²) in [7, 11) is 1.86. The quantitative estimate of drug-likeness (QED) is 0.623. The predicted octanol–water partition coefficient (Wildman–Crippen LogP) is 2.26. The van der Waals surface area contributed by atoms with Gasteiger partial charge in [-0.05, 0) is 31.2 Å². The number of aromatic nitrogens is 1. The number of para-hydroxylation sites is 1. The van der Waals surface area contributed by atoms with Crippen LogP contribution in [0, 0.1) is 0 Å². The largest absolute Gasteiger partial charge is 0.411 e. The van der Waals surface area contributed by atoms with Crippen LogP contribution in [0.3, 0.4) is 0 Å². The molecule has 1 fully saturated rings. The van der Waals surface area contributed by atoms with Crippen molar-refractivity contribution in [3.05, 3.63) is 53.9 Å². The predicted molar refractivity (Wildman–Crippen MR) is 114 cm³/mol. The lowest BCUT2D eigenvalue weighted by Gasteiger charge is -2.36. The summed E-state index contributed by atoms with van der Waals surface area (Å²) in [5.74, 6) is 0.0278. The van der Waals surface area contributed by atoms with Gasteiger partial charge in [-0.1, -0.05) is 23.4 Å². The van der Waals surface area contributed by atoms with Crippen LogP contribution in [-0.2, 0) is 7.05 Å². The van der Waals surface area contributed by atoms with E-state index in [0.717, 1.165) is 51.3 Å². The summed E-state index contributed by atoms with van der Waals surface area (Å²) in [6.07, 6.45) is 3.38. The van der Waals surface area contributed by atoms with Crippen LogP contribution in [0.1, 0.15) is 28.9 Å². The van der Waals surface area contributed by atoms with E-state index >= 15 is 0 Å². The van der Waals surface area contributed by atoms with Crippen LogP contribution in [0.2, 0.25) is 0 Å². The smallest absolute Gasteiger partial charge is 0.271 e. The van der Waals surface area contributed by atoms with Crippen molar-refractivity contribution in [3.63, 3.8) is 0 Å². The monoisotopic (exact) mass is 395 g/mol. The zero-order chi connectivity index (χ0) is 20.2. The minimum absolute atomic E-state index is 0.0278. The van der Waals surface area contributed by atoms with E-state index in [4.69, 9.17) is 0 Å². The van der Waals surface area contributed by atoms with Crippen LogP contribution < -0.4 is 4.90 Å². The molecule has 4 rings (SSSR count). The SMILES string of the molecule is Cn1ccc2c1C(=O)N(CCCN1CCN(c3ccccc3)CC1)CCC2=NO. The Morgan fingerprint density at radius 3 is 2.48 bits per heavy atom. The average molecular weight is 396 g/mol. The first-order valence-corrected chi connectivity index (χ1v) is 10.4. The molecule has 7 nitrogen and oxygen atoms in total. The third-order valence-electron chi connectivity index (χ3n) is 6.01. The topological polar surface area (TPSA) is 64.3 Å². The number of amides is 1. The summed E-state index contributed by atoms with van der Waals surface area (Å²) in [4.78, 5) is 19.8. The number of hydrogen-bond donors (Lipinski definition) is 1. The number of anilines is 1. The number of rotatable bonds is 5. The number of carbonyl (C=O) groups excluding carboxylic acids is 1. The maximum Gasteiger partial charge on any atom is 0.271 e. The second kappa shape index (κ2) is 8.69. The fraction of sp³-hybridized carbons (Fsp3) is 0.455. The molecule has 1 aromatic heterocycles. The van der Waals surface area contributed by atoms with E-state index in [1.807, 2.05) is 28.8 Å². The number of piperazine rings is 1. The molecule has 2 aliphatic rings. The molecule has 7 heteroatoms. The minimum atomic E-state index is 0.0278. The Morgan fingerprint density at radius 2 is 1.76 bits per heavy atom. The van der Waals surface area contributed by atoms with Gasteiger partial charge in [0.15, 0.2) is 0 Å². The highest BCUT2D eigenvalue weighted by molar-refractivity contribution is 6.11. The van der Waals surface area contributed by atoms with Crippen molar-refractivity contribution >= 4 is 17.3 Å². The van der Waals surface area contributed by atoms with Crippen molar-refractivity contribution in [1.29, 1.82) is 0 Å². The van der Waals surface area contributed by atoms with Crippen molar-refractivity contribution in [2.24, 2.45) is 12.2 Å². The lowest BCUT2D eigenvalue weighted by atomic mass is 10.1. The Balaban J connectivity index is 1.29. The molecule has 1 amide bonds. The number of fused-ring (bicyclic) bond motifs is 1. The van der Waals surface area contributed by atoms with Crippen LogP contribution in [0.25, 0.3) is 0 Å². The molecule has 1 aromatic carbocycles. The number of hydrogen-bond acceptors (Lipinski definition) is 5. The number of oxime groups is 1. The third kappa shape index (κ3) is 4.15. The van der Waals surface area contributed by atoms with Gasteiger partial charge in [0.05, 0.1) is 5.71 Å².